The number of nitrogens with one attached hydrogen (secondary N) is 1. The molecule has 0 saturated carbocycles. The minimum atomic E-state index is -0.266. The first-order valence-electron chi connectivity index (χ1n) is 9.01. The minimum Gasteiger partial charge on any atom is -0.494 e. The Morgan fingerprint density at radius 1 is 0.852 bits per heavy atom. The second kappa shape index (κ2) is 8.94. The van der Waals surface area contributed by atoms with Crippen molar-refractivity contribution < 1.29 is 19.0 Å². The smallest absolute Gasteiger partial charge is 0.262 e. The van der Waals surface area contributed by atoms with E-state index >= 15 is 0 Å². The van der Waals surface area contributed by atoms with Crippen LogP contribution in [0.1, 0.15) is 13.8 Å². The predicted octanol–water partition coefficient (Wildman–Crippen LogP) is 4.65. The van der Waals surface area contributed by atoms with E-state index in [0.717, 1.165) is 10.8 Å². The molecule has 1 N–H and O–H groups in total. The Labute approximate surface area is 158 Å². The first-order valence-corrected chi connectivity index (χ1v) is 9.01. The van der Waals surface area contributed by atoms with Gasteiger partial charge in [0.15, 0.2) is 6.61 Å². The standard InChI is InChI=1S/C22H23NO4/c1-3-25-17-12-13-21(26-4-2)19(14-17)23-22(24)15-27-20-11-7-9-16-8-5-6-10-18(16)20/h5-14H,3-4,15H2,1-2H3,(H,23,24). The zero-order chi connectivity index (χ0) is 19.1. The molecule has 0 aliphatic carbocycles. The van der Waals surface area contributed by atoms with E-state index in [0.29, 0.717) is 36.1 Å². The van der Waals surface area contributed by atoms with Gasteiger partial charge in [-0.2, -0.15) is 0 Å². The molecule has 0 aliphatic heterocycles. The van der Waals surface area contributed by atoms with E-state index in [1.165, 1.54) is 0 Å². The van der Waals surface area contributed by atoms with Crippen molar-refractivity contribution in [3.63, 3.8) is 0 Å². The van der Waals surface area contributed by atoms with E-state index in [-0.39, 0.29) is 12.5 Å². The SMILES string of the molecule is CCOc1ccc(OCC)c(NC(=O)COc2cccc3ccccc23)c1. The topological polar surface area (TPSA) is 56.8 Å². The van der Waals surface area contributed by atoms with Crippen LogP contribution in [0.25, 0.3) is 10.8 Å². The molecular formula is C22H23NO4. The molecule has 0 radical (unpaired) electrons. The van der Waals surface area contributed by atoms with Crippen LogP contribution in [-0.2, 0) is 4.79 Å². The van der Waals surface area contributed by atoms with Crippen molar-refractivity contribution >= 4 is 22.4 Å². The molecule has 5 nitrogen and oxygen atoms in total. The number of amides is 1. The summed E-state index contributed by atoms with van der Waals surface area (Å²) in [6.45, 7) is 4.76. The maximum absolute atomic E-state index is 12.4. The number of hydrogen-bond donors (Lipinski definition) is 1. The highest BCUT2D eigenvalue weighted by atomic mass is 16.5. The van der Waals surface area contributed by atoms with Gasteiger partial charge < -0.3 is 19.5 Å². The fourth-order valence-electron chi connectivity index (χ4n) is 2.80. The second-order valence-corrected chi connectivity index (χ2v) is 5.84. The lowest BCUT2D eigenvalue weighted by molar-refractivity contribution is -0.118. The lowest BCUT2D eigenvalue weighted by Crippen LogP contribution is -2.20. The summed E-state index contributed by atoms with van der Waals surface area (Å²) < 4.78 is 16.8. The third-order valence-corrected chi connectivity index (χ3v) is 3.94. The predicted molar refractivity (Wildman–Crippen MR) is 107 cm³/mol. The molecule has 0 unspecified atom stereocenters. The summed E-state index contributed by atoms with van der Waals surface area (Å²) in [7, 11) is 0. The molecule has 5 heteroatoms. The van der Waals surface area contributed by atoms with E-state index in [9.17, 15) is 4.79 Å². The normalized spacial score (nSPS) is 10.4. The fraction of sp³-hybridized carbons (Fsp3) is 0.227. The number of anilines is 1. The largest absolute Gasteiger partial charge is 0.494 e. The molecule has 0 aromatic heterocycles. The van der Waals surface area contributed by atoms with Crippen LogP contribution in [0.5, 0.6) is 17.2 Å². The Hall–Kier alpha value is -3.21. The van der Waals surface area contributed by atoms with Gasteiger partial charge in [-0.25, -0.2) is 0 Å². The van der Waals surface area contributed by atoms with Gasteiger partial charge in [0, 0.05) is 11.5 Å². The average Bonchev–Trinajstić information content (AvgIpc) is 2.68. The molecule has 27 heavy (non-hydrogen) atoms. The Kier molecular flexibility index (Phi) is 6.15. The van der Waals surface area contributed by atoms with Crippen LogP contribution in [0.15, 0.2) is 60.7 Å². The van der Waals surface area contributed by atoms with Crippen molar-refractivity contribution in [2.24, 2.45) is 0 Å². The molecule has 0 bridgehead atoms. The maximum Gasteiger partial charge on any atom is 0.262 e. The van der Waals surface area contributed by atoms with Gasteiger partial charge in [-0.3, -0.25) is 4.79 Å². The van der Waals surface area contributed by atoms with Gasteiger partial charge in [0.1, 0.15) is 17.2 Å². The molecular weight excluding hydrogens is 342 g/mol. The summed E-state index contributed by atoms with van der Waals surface area (Å²) >= 11 is 0. The van der Waals surface area contributed by atoms with Gasteiger partial charge in [0.05, 0.1) is 18.9 Å². The highest BCUT2D eigenvalue weighted by Crippen LogP contribution is 2.30. The Morgan fingerprint density at radius 2 is 1.63 bits per heavy atom. The Balaban J connectivity index is 1.70. The van der Waals surface area contributed by atoms with Crippen molar-refractivity contribution in [3.05, 3.63) is 60.7 Å². The summed E-state index contributed by atoms with van der Waals surface area (Å²) in [5, 5.41) is 4.88. The molecule has 3 rings (SSSR count). The fourth-order valence-corrected chi connectivity index (χ4v) is 2.80. The number of carbonyl (C=O) groups excluding carboxylic acids is 1. The number of fused-ring (bicyclic) bond motifs is 1. The van der Waals surface area contributed by atoms with Gasteiger partial charge in [-0.05, 0) is 37.4 Å². The van der Waals surface area contributed by atoms with E-state index < -0.39 is 0 Å². The first-order chi connectivity index (χ1) is 13.2. The zero-order valence-corrected chi connectivity index (χ0v) is 15.5. The summed E-state index contributed by atoms with van der Waals surface area (Å²) in [5.41, 5.74) is 0.564. The van der Waals surface area contributed by atoms with Gasteiger partial charge in [0.25, 0.3) is 5.91 Å². The summed E-state index contributed by atoms with van der Waals surface area (Å²) in [5.74, 6) is 1.68. The van der Waals surface area contributed by atoms with E-state index in [2.05, 4.69) is 5.32 Å². The molecule has 1 amide bonds. The number of carbonyl (C=O) groups is 1. The van der Waals surface area contributed by atoms with Crippen LogP contribution in [0, 0.1) is 0 Å². The van der Waals surface area contributed by atoms with Gasteiger partial charge >= 0.3 is 0 Å². The molecule has 3 aromatic carbocycles. The number of rotatable bonds is 8. The summed E-state index contributed by atoms with van der Waals surface area (Å²) in [4.78, 5) is 12.4. The Morgan fingerprint density at radius 3 is 2.44 bits per heavy atom. The summed E-state index contributed by atoms with van der Waals surface area (Å²) in [6.07, 6.45) is 0. The minimum absolute atomic E-state index is 0.0988. The van der Waals surface area contributed by atoms with Crippen molar-refractivity contribution in [3.8, 4) is 17.2 Å². The van der Waals surface area contributed by atoms with E-state index in [1.54, 1.807) is 12.1 Å². The van der Waals surface area contributed by atoms with Gasteiger partial charge in [-0.15, -0.1) is 0 Å². The average molecular weight is 365 g/mol. The van der Waals surface area contributed by atoms with Crippen molar-refractivity contribution in [1.29, 1.82) is 0 Å². The molecule has 140 valence electrons. The van der Waals surface area contributed by atoms with Crippen molar-refractivity contribution in [2.45, 2.75) is 13.8 Å². The molecule has 3 aromatic rings. The molecule has 0 heterocycles. The lowest BCUT2D eigenvalue weighted by atomic mass is 10.1. The molecule has 0 aliphatic rings. The van der Waals surface area contributed by atoms with Crippen molar-refractivity contribution in [1.82, 2.24) is 0 Å². The van der Waals surface area contributed by atoms with Gasteiger partial charge in [0.2, 0.25) is 0 Å². The number of benzene rings is 3. The van der Waals surface area contributed by atoms with Crippen LogP contribution < -0.4 is 19.5 Å². The second-order valence-electron chi connectivity index (χ2n) is 5.84. The molecule has 0 atom stereocenters. The van der Waals surface area contributed by atoms with Crippen LogP contribution in [0.4, 0.5) is 5.69 Å². The third-order valence-electron chi connectivity index (χ3n) is 3.94. The van der Waals surface area contributed by atoms with Crippen LogP contribution in [0.3, 0.4) is 0 Å². The highest BCUT2D eigenvalue weighted by Gasteiger charge is 2.11. The third kappa shape index (κ3) is 4.70. The first kappa shape index (κ1) is 18.6. The Bertz CT molecular complexity index is 918. The molecule has 0 spiro atoms. The van der Waals surface area contributed by atoms with Crippen LogP contribution >= 0.6 is 0 Å². The van der Waals surface area contributed by atoms with Crippen molar-refractivity contribution in [2.75, 3.05) is 25.1 Å². The van der Waals surface area contributed by atoms with Gasteiger partial charge in [-0.1, -0.05) is 36.4 Å². The number of ether oxygens (including phenoxy) is 3. The van der Waals surface area contributed by atoms with Crippen LogP contribution in [0.2, 0.25) is 0 Å². The van der Waals surface area contributed by atoms with E-state index in [1.807, 2.05) is 62.4 Å². The van der Waals surface area contributed by atoms with E-state index in [4.69, 9.17) is 14.2 Å². The monoisotopic (exact) mass is 365 g/mol. The maximum atomic E-state index is 12.4. The molecule has 0 saturated heterocycles. The number of hydrogen-bond acceptors (Lipinski definition) is 4. The summed E-state index contributed by atoms with van der Waals surface area (Å²) in [6, 6.07) is 19.0. The molecule has 0 fully saturated rings. The lowest BCUT2D eigenvalue weighted by Gasteiger charge is -2.14. The highest BCUT2D eigenvalue weighted by molar-refractivity contribution is 5.94. The van der Waals surface area contributed by atoms with Crippen LogP contribution in [-0.4, -0.2) is 25.7 Å². The quantitative estimate of drug-likeness (QED) is 0.631. The zero-order valence-electron chi connectivity index (χ0n) is 15.5.